The fourth-order valence-electron chi connectivity index (χ4n) is 0.218. The van der Waals surface area contributed by atoms with Crippen molar-refractivity contribution < 1.29 is 19.8 Å². The second-order valence-corrected chi connectivity index (χ2v) is 1.43. The van der Waals surface area contributed by atoms with Gasteiger partial charge in [0, 0.05) is 0 Å². The molecule has 51 valence electrons. The minimum absolute atomic E-state index is 1.14. The van der Waals surface area contributed by atoms with E-state index in [0.29, 0.717) is 0 Å². The number of carboxylic acid groups (broad SMARTS) is 1. The van der Waals surface area contributed by atoms with E-state index in [9.17, 15) is 9.59 Å². The Balaban J connectivity index is 3.86. The summed E-state index contributed by atoms with van der Waals surface area (Å²) in [4.78, 5) is 19.4. The van der Waals surface area contributed by atoms with Crippen molar-refractivity contribution in [2.45, 2.75) is 12.1 Å². The highest BCUT2D eigenvalue weighted by Gasteiger charge is 2.21. The lowest BCUT2D eigenvalue weighted by atomic mass is 10.2. The summed E-state index contributed by atoms with van der Waals surface area (Å²) in [5, 5.41) is 16.4. The highest BCUT2D eigenvalue weighted by atomic mass is 16.4. The SMILES string of the molecule is N[C@H]([C]=O)C(O)C(=O)O. The molecule has 0 fully saturated rings. The first-order valence-corrected chi connectivity index (χ1v) is 2.13. The predicted molar refractivity (Wildman–Crippen MR) is 27.3 cm³/mol. The highest BCUT2D eigenvalue weighted by molar-refractivity contribution is 5.78. The molecule has 0 heterocycles. The summed E-state index contributed by atoms with van der Waals surface area (Å²) in [7, 11) is 0. The van der Waals surface area contributed by atoms with E-state index in [0.717, 1.165) is 6.29 Å². The molecule has 0 amide bonds. The van der Waals surface area contributed by atoms with Gasteiger partial charge in [-0.3, -0.25) is 4.79 Å². The van der Waals surface area contributed by atoms with Gasteiger partial charge in [0.2, 0.25) is 6.29 Å². The van der Waals surface area contributed by atoms with Crippen LogP contribution in [0.5, 0.6) is 0 Å². The maximum Gasteiger partial charge on any atom is 0.334 e. The Kier molecular flexibility index (Phi) is 2.83. The first-order chi connectivity index (χ1) is 4.09. The Morgan fingerprint density at radius 3 is 2.22 bits per heavy atom. The van der Waals surface area contributed by atoms with Gasteiger partial charge in [-0.25, -0.2) is 4.79 Å². The molecule has 0 aliphatic rings. The minimum atomic E-state index is -1.84. The molecular weight excluding hydrogens is 126 g/mol. The molecule has 0 saturated heterocycles. The molecule has 5 heteroatoms. The monoisotopic (exact) mass is 132 g/mol. The van der Waals surface area contributed by atoms with Gasteiger partial charge in [-0.15, -0.1) is 0 Å². The van der Waals surface area contributed by atoms with E-state index in [4.69, 9.17) is 15.9 Å². The molecule has 0 saturated carbocycles. The molecule has 9 heavy (non-hydrogen) atoms. The Labute approximate surface area is 51.1 Å². The van der Waals surface area contributed by atoms with Crippen LogP contribution in [0.15, 0.2) is 0 Å². The van der Waals surface area contributed by atoms with Crippen LogP contribution in [0.2, 0.25) is 0 Å². The average Bonchev–Trinajstić information content (AvgIpc) is 1.84. The Bertz CT molecular complexity index is 124. The summed E-state index contributed by atoms with van der Waals surface area (Å²) in [5.41, 5.74) is 4.76. The van der Waals surface area contributed by atoms with Gasteiger partial charge in [-0.1, -0.05) is 0 Å². The zero-order valence-corrected chi connectivity index (χ0v) is 4.44. The van der Waals surface area contributed by atoms with Crippen molar-refractivity contribution in [3.63, 3.8) is 0 Å². The maximum absolute atomic E-state index is 9.79. The van der Waals surface area contributed by atoms with E-state index in [-0.39, 0.29) is 0 Å². The van der Waals surface area contributed by atoms with E-state index >= 15 is 0 Å². The van der Waals surface area contributed by atoms with Crippen molar-refractivity contribution >= 4 is 12.3 Å². The van der Waals surface area contributed by atoms with Crippen LogP contribution >= 0.6 is 0 Å². The topological polar surface area (TPSA) is 101 Å². The Hall–Kier alpha value is -0.940. The first-order valence-electron chi connectivity index (χ1n) is 2.13. The van der Waals surface area contributed by atoms with Crippen molar-refractivity contribution in [2.24, 2.45) is 5.73 Å². The lowest BCUT2D eigenvalue weighted by molar-refractivity contribution is -0.146. The van der Waals surface area contributed by atoms with Crippen molar-refractivity contribution in [1.29, 1.82) is 0 Å². The van der Waals surface area contributed by atoms with Crippen LogP contribution in [-0.4, -0.2) is 34.6 Å². The van der Waals surface area contributed by atoms with Crippen LogP contribution in [-0.2, 0) is 9.59 Å². The average molecular weight is 132 g/mol. The van der Waals surface area contributed by atoms with Gasteiger partial charge in [0.05, 0.1) is 0 Å². The number of aliphatic hydroxyl groups excluding tert-OH is 1. The van der Waals surface area contributed by atoms with Gasteiger partial charge in [0.1, 0.15) is 6.04 Å². The normalized spacial score (nSPS) is 16.2. The molecule has 0 aromatic heterocycles. The molecule has 0 rings (SSSR count). The minimum Gasteiger partial charge on any atom is -0.479 e. The highest BCUT2D eigenvalue weighted by Crippen LogP contribution is 1.84. The summed E-state index contributed by atoms with van der Waals surface area (Å²) in [5.74, 6) is -1.52. The van der Waals surface area contributed by atoms with Crippen LogP contribution in [0.3, 0.4) is 0 Å². The summed E-state index contributed by atoms with van der Waals surface area (Å²) in [6.45, 7) is 0. The number of rotatable bonds is 3. The number of carbonyl (C=O) groups is 1. The summed E-state index contributed by atoms with van der Waals surface area (Å²) in [6.07, 6.45) is -0.702. The van der Waals surface area contributed by atoms with Gasteiger partial charge in [0.15, 0.2) is 6.10 Å². The lowest BCUT2D eigenvalue weighted by Crippen LogP contribution is -2.41. The number of aliphatic hydroxyl groups is 1. The third-order valence-corrected chi connectivity index (χ3v) is 0.729. The van der Waals surface area contributed by atoms with Crippen molar-refractivity contribution in [3.8, 4) is 0 Å². The predicted octanol–water partition coefficient (Wildman–Crippen LogP) is -2.13. The van der Waals surface area contributed by atoms with Crippen LogP contribution in [0.1, 0.15) is 0 Å². The number of carbonyl (C=O) groups excluding carboxylic acids is 1. The fourth-order valence-corrected chi connectivity index (χ4v) is 0.218. The Morgan fingerprint density at radius 1 is 1.67 bits per heavy atom. The van der Waals surface area contributed by atoms with E-state index < -0.39 is 18.1 Å². The summed E-state index contributed by atoms with van der Waals surface area (Å²) >= 11 is 0. The van der Waals surface area contributed by atoms with Gasteiger partial charge in [0.25, 0.3) is 0 Å². The fraction of sp³-hybridized carbons (Fsp3) is 0.500. The summed E-state index contributed by atoms with van der Waals surface area (Å²) < 4.78 is 0. The van der Waals surface area contributed by atoms with Gasteiger partial charge < -0.3 is 15.9 Å². The first kappa shape index (κ1) is 8.06. The molecule has 4 N–H and O–H groups in total. The van der Waals surface area contributed by atoms with Crippen LogP contribution in [0, 0.1) is 0 Å². The Morgan fingerprint density at radius 2 is 2.11 bits per heavy atom. The van der Waals surface area contributed by atoms with Gasteiger partial charge in [-0.2, -0.15) is 0 Å². The molecule has 0 aliphatic carbocycles. The second kappa shape index (κ2) is 3.16. The third kappa shape index (κ3) is 2.20. The van der Waals surface area contributed by atoms with E-state index in [2.05, 4.69) is 0 Å². The van der Waals surface area contributed by atoms with Crippen molar-refractivity contribution in [1.82, 2.24) is 0 Å². The molecule has 0 aromatic carbocycles. The lowest BCUT2D eigenvalue weighted by Gasteiger charge is -2.04. The third-order valence-electron chi connectivity index (χ3n) is 0.729. The van der Waals surface area contributed by atoms with Gasteiger partial charge in [-0.05, 0) is 0 Å². The molecule has 1 unspecified atom stereocenters. The van der Waals surface area contributed by atoms with Crippen LogP contribution in [0.4, 0.5) is 0 Å². The van der Waals surface area contributed by atoms with E-state index in [1.54, 1.807) is 0 Å². The second-order valence-electron chi connectivity index (χ2n) is 1.43. The van der Waals surface area contributed by atoms with Gasteiger partial charge >= 0.3 is 5.97 Å². The van der Waals surface area contributed by atoms with Crippen LogP contribution in [0.25, 0.3) is 0 Å². The standard InChI is InChI=1S/C4H6NO4/c5-2(1-6)3(7)4(8)9/h2-3,7H,5H2,(H,8,9)/t2-,3?/m1/s1. The molecule has 1 radical (unpaired) electrons. The van der Waals surface area contributed by atoms with Crippen molar-refractivity contribution in [2.75, 3.05) is 0 Å². The molecular formula is C4H6NO4. The molecule has 0 aromatic rings. The number of hydrogen-bond acceptors (Lipinski definition) is 4. The van der Waals surface area contributed by atoms with E-state index in [1.165, 1.54) is 0 Å². The zero-order chi connectivity index (χ0) is 7.44. The number of nitrogens with two attached hydrogens (primary N) is 1. The van der Waals surface area contributed by atoms with Crippen LogP contribution < -0.4 is 5.73 Å². The quantitative estimate of drug-likeness (QED) is 0.407. The number of carboxylic acids is 1. The molecule has 2 atom stereocenters. The molecule has 0 spiro atoms. The van der Waals surface area contributed by atoms with Crippen molar-refractivity contribution in [3.05, 3.63) is 0 Å². The maximum atomic E-state index is 9.79. The molecule has 0 aliphatic heterocycles. The molecule has 5 nitrogen and oxygen atoms in total. The molecule has 0 bridgehead atoms. The summed E-state index contributed by atoms with van der Waals surface area (Å²) in [6, 6.07) is -1.46. The number of aliphatic carboxylic acids is 1. The number of hydrogen-bond donors (Lipinski definition) is 3. The largest absolute Gasteiger partial charge is 0.479 e. The van der Waals surface area contributed by atoms with E-state index in [1.807, 2.05) is 0 Å². The smallest absolute Gasteiger partial charge is 0.334 e. The zero-order valence-electron chi connectivity index (χ0n) is 4.44.